The Bertz CT molecular complexity index is 883. The summed E-state index contributed by atoms with van der Waals surface area (Å²) in [5.74, 6) is 0. The van der Waals surface area contributed by atoms with Gasteiger partial charge in [-0.1, -0.05) is 11.6 Å². The lowest BCUT2D eigenvalue weighted by Gasteiger charge is -2.13. The highest BCUT2D eigenvalue weighted by Gasteiger charge is 2.21. The van der Waals surface area contributed by atoms with Gasteiger partial charge in [0.05, 0.1) is 18.5 Å². The van der Waals surface area contributed by atoms with Crippen molar-refractivity contribution in [2.24, 2.45) is 4.99 Å². The van der Waals surface area contributed by atoms with Gasteiger partial charge in [-0.2, -0.15) is 0 Å². The van der Waals surface area contributed by atoms with Crippen LogP contribution in [0.3, 0.4) is 0 Å². The van der Waals surface area contributed by atoms with E-state index in [4.69, 9.17) is 16.3 Å². The maximum atomic E-state index is 6.13. The van der Waals surface area contributed by atoms with Gasteiger partial charge in [0.25, 0.3) is 0 Å². The molecule has 1 aliphatic heterocycles. The number of nitrogens with zero attached hydrogens (tertiary/aromatic N) is 3. The molecule has 0 amide bonds. The Hall–Kier alpha value is -2.40. The number of aromatic amines is 1. The second-order valence-corrected chi connectivity index (χ2v) is 5.54. The zero-order valence-electron chi connectivity index (χ0n) is 11.9. The lowest BCUT2D eigenvalue weighted by atomic mass is 9.99. The zero-order valence-corrected chi connectivity index (χ0v) is 12.7. The van der Waals surface area contributed by atoms with E-state index in [1.165, 1.54) is 5.56 Å². The van der Waals surface area contributed by atoms with Gasteiger partial charge in [0.15, 0.2) is 0 Å². The van der Waals surface area contributed by atoms with Crippen molar-refractivity contribution < 1.29 is 4.74 Å². The summed E-state index contributed by atoms with van der Waals surface area (Å²) in [6.07, 6.45) is 4.37. The van der Waals surface area contributed by atoms with E-state index in [0.29, 0.717) is 6.01 Å². The monoisotopic (exact) mass is 312 g/mol. The molecule has 0 bridgehead atoms. The van der Waals surface area contributed by atoms with Crippen LogP contribution in [0.5, 0.6) is 6.01 Å². The molecular formula is C16H13ClN4O. The fraction of sp³-hybridized carbons (Fsp3) is 0.188. The van der Waals surface area contributed by atoms with Crippen LogP contribution in [0, 0.1) is 0 Å². The van der Waals surface area contributed by atoms with Gasteiger partial charge in [0.1, 0.15) is 0 Å². The molecule has 6 heteroatoms. The predicted octanol–water partition coefficient (Wildman–Crippen LogP) is 3.01. The third-order valence-electron chi connectivity index (χ3n) is 3.82. The van der Waals surface area contributed by atoms with Crippen LogP contribution in [0.25, 0.3) is 10.9 Å². The van der Waals surface area contributed by atoms with Crippen LogP contribution in [0.4, 0.5) is 0 Å². The number of hydrogen-bond acceptors (Lipinski definition) is 4. The van der Waals surface area contributed by atoms with Crippen LogP contribution in [-0.2, 0) is 6.42 Å². The van der Waals surface area contributed by atoms with Gasteiger partial charge in [-0.05, 0) is 30.2 Å². The number of ether oxygens (including phenoxy) is 1. The van der Waals surface area contributed by atoms with E-state index in [1.54, 1.807) is 19.5 Å². The van der Waals surface area contributed by atoms with Crippen LogP contribution >= 0.6 is 11.6 Å². The van der Waals surface area contributed by atoms with E-state index in [2.05, 4.69) is 19.9 Å². The number of aliphatic imine (C=N–C) groups is 1. The summed E-state index contributed by atoms with van der Waals surface area (Å²) in [4.78, 5) is 16.4. The number of nitrogens with one attached hydrogen (secondary N) is 1. The van der Waals surface area contributed by atoms with E-state index in [-0.39, 0.29) is 0 Å². The van der Waals surface area contributed by atoms with Gasteiger partial charge in [-0.3, -0.25) is 4.99 Å². The average Bonchev–Trinajstić information content (AvgIpc) is 2.93. The Balaban J connectivity index is 1.86. The maximum Gasteiger partial charge on any atom is 0.316 e. The highest BCUT2D eigenvalue weighted by Crippen LogP contribution is 2.29. The summed E-state index contributed by atoms with van der Waals surface area (Å²) in [6, 6.07) is 6.24. The van der Waals surface area contributed by atoms with Crippen molar-refractivity contribution in [2.75, 3.05) is 13.7 Å². The van der Waals surface area contributed by atoms with Crippen molar-refractivity contribution in [3.63, 3.8) is 0 Å². The van der Waals surface area contributed by atoms with Gasteiger partial charge in [0.2, 0.25) is 0 Å². The van der Waals surface area contributed by atoms with Gasteiger partial charge in [-0.25, -0.2) is 9.97 Å². The third kappa shape index (κ3) is 2.05. The molecule has 0 saturated carbocycles. The number of H-pyrrole nitrogens is 1. The Morgan fingerprint density at radius 2 is 2.05 bits per heavy atom. The van der Waals surface area contributed by atoms with Crippen molar-refractivity contribution >= 4 is 28.2 Å². The minimum absolute atomic E-state index is 0.351. The summed E-state index contributed by atoms with van der Waals surface area (Å²) in [5, 5.41) is 1.90. The average molecular weight is 313 g/mol. The Morgan fingerprint density at radius 1 is 1.23 bits per heavy atom. The molecule has 1 aliphatic rings. The summed E-state index contributed by atoms with van der Waals surface area (Å²) in [5.41, 5.74) is 5.10. The molecule has 0 aliphatic carbocycles. The van der Waals surface area contributed by atoms with Gasteiger partial charge >= 0.3 is 6.01 Å². The van der Waals surface area contributed by atoms with Crippen molar-refractivity contribution in [1.82, 2.24) is 15.0 Å². The number of aromatic nitrogens is 3. The molecule has 0 fully saturated rings. The van der Waals surface area contributed by atoms with Crippen LogP contribution < -0.4 is 4.74 Å². The number of fused-ring (bicyclic) bond motifs is 3. The second-order valence-electron chi connectivity index (χ2n) is 5.11. The SMILES string of the molecule is COc1ncc(C2=NCCc3c2[nH]c2ccc(Cl)cc32)cn1. The molecule has 3 heterocycles. The largest absolute Gasteiger partial charge is 0.467 e. The minimum atomic E-state index is 0.351. The molecule has 4 rings (SSSR count). The number of hydrogen-bond donors (Lipinski definition) is 1. The van der Waals surface area contributed by atoms with Gasteiger partial charge in [-0.15, -0.1) is 0 Å². The molecule has 0 spiro atoms. The van der Waals surface area contributed by atoms with Gasteiger partial charge in [0, 0.05) is 40.4 Å². The lowest BCUT2D eigenvalue weighted by molar-refractivity contribution is 0.379. The third-order valence-corrected chi connectivity index (χ3v) is 4.06. The highest BCUT2D eigenvalue weighted by molar-refractivity contribution is 6.31. The summed E-state index contributed by atoms with van der Waals surface area (Å²) in [7, 11) is 1.55. The molecule has 1 aromatic carbocycles. The first-order valence-electron chi connectivity index (χ1n) is 6.97. The summed E-state index contributed by atoms with van der Waals surface area (Å²) < 4.78 is 5.00. The fourth-order valence-electron chi connectivity index (χ4n) is 2.82. The fourth-order valence-corrected chi connectivity index (χ4v) is 2.99. The second kappa shape index (κ2) is 5.10. The molecule has 22 heavy (non-hydrogen) atoms. The smallest absolute Gasteiger partial charge is 0.316 e. The Kier molecular flexibility index (Phi) is 3.08. The van der Waals surface area contributed by atoms with Crippen LogP contribution in [-0.4, -0.2) is 34.3 Å². The molecular weight excluding hydrogens is 300 g/mol. The number of benzene rings is 1. The predicted molar refractivity (Wildman–Crippen MR) is 86.1 cm³/mol. The highest BCUT2D eigenvalue weighted by atomic mass is 35.5. The number of methoxy groups -OCH3 is 1. The topological polar surface area (TPSA) is 63.2 Å². The molecule has 2 aromatic heterocycles. The molecule has 1 N–H and O–H groups in total. The Morgan fingerprint density at radius 3 is 2.82 bits per heavy atom. The maximum absolute atomic E-state index is 6.13. The first-order valence-corrected chi connectivity index (χ1v) is 7.35. The van der Waals surface area contributed by atoms with Crippen molar-refractivity contribution in [3.05, 3.63) is 52.4 Å². The first-order chi connectivity index (χ1) is 10.8. The van der Waals surface area contributed by atoms with Crippen LogP contribution in [0.15, 0.2) is 35.6 Å². The summed E-state index contributed by atoms with van der Waals surface area (Å²) >= 11 is 6.13. The van der Waals surface area contributed by atoms with Crippen LogP contribution in [0.2, 0.25) is 5.02 Å². The normalized spacial score (nSPS) is 13.8. The first kappa shape index (κ1) is 13.3. The lowest BCUT2D eigenvalue weighted by Crippen LogP contribution is -2.14. The van der Waals surface area contributed by atoms with Crippen molar-refractivity contribution in [3.8, 4) is 6.01 Å². The van der Waals surface area contributed by atoms with E-state index < -0.39 is 0 Å². The van der Waals surface area contributed by atoms with Gasteiger partial charge < -0.3 is 9.72 Å². The molecule has 0 atom stereocenters. The Labute approximate surface area is 132 Å². The standard InChI is InChI=1S/C16H13ClN4O/c1-22-16-19-7-9(8-20-16)14-15-11(4-5-18-14)12-6-10(17)2-3-13(12)21-15/h2-3,6-8,21H,4-5H2,1H3. The number of halogens is 1. The molecule has 3 aromatic rings. The van der Waals surface area contributed by atoms with Crippen molar-refractivity contribution in [2.45, 2.75) is 6.42 Å². The van der Waals surface area contributed by atoms with Crippen molar-refractivity contribution in [1.29, 1.82) is 0 Å². The molecule has 0 saturated heterocycles. The van der Waals surface area contributed by atoms with E-state index >= 15 is 0 Å². The van der Waals surface area contributed by atoms with E-state index in [9.17, 15) is 0 Å². The molecule has 110 valence electrons. The summed E-state index contributed by atoms with van der Waals surface area (Å²) in [6.45, 7) is 0.744. The minimum Gasteiger partial charge on any atom is -0.467 e. The number of rotatable bonds is 2. The zero-order chi connectivity index (χ0) is 15.1. The molecule has 0 unspecified atom stereocenters. The van der Waals surface area contributed by atoms with Crippen LogP contribution in [0.1, 0.15) is 16.8 Å². The quantitative estimate of drug-likeness (QED) is 0.791. The van der Waals surface area contributed by atoms with E-state index in [1.807, 2.05) is 18.2 Å². The molecule has 5 nitrogen and oxygen atoms in total. The molecule has 0 radical (unpaired) electrons. The van der Waals surface area contributed by atoms with E-state index in [0.717, 1.165) is 45.9 Å².